The Kier molecular flexibility index (Phi) is 4.76. The van der Waals surface area contributed by atoms with Crippen LogP contribution in [0.4, 0.5) is 5.82 Å². The molecule has 0 aliphatic carbocycles. The SMILES string of the molecule is CCCCCN(C)c1cccc(C(=O)O)n1. The third-order valence-electron chi connectivity index (χ3n) is 2.44. The van der Waals surface area contributed by atoms with Crippen molar-refractivity contribution >= 4 is 11.8 Å². The van der Waals surface area contributed by atoms with Crippen LogP contribution in [0.2, 0.25) is 0 Å². The van der Waals surface area contributed by atoms with Gasteiger partial charge < -0.3 is 10.0 Å². The molecule has 0 aromatic carbocycles. The molecule has 0 atom stereocenters. The summed E-state index contributed by atoms with van der Waals surface area (Å²) in [6, 6.07) is 5.06. The third kappa shape index (κ3) is 3.53. The Morgan fingerprint density at radius 2 is 2.19 bits per heavy atom. The Balaban J connectivity index is 2.64. The molecule has 0 spiro atoms. The molecule has 0 saturated heterocycles. The van der Waals surface area contributed by atoms with Crippen molar-refractivity contribution in [3.63, 3.8) is 0 Å². The van der Waals surface area contributed by atoms with Gasteiger partial charge in [0, 0.05) is 13.6 Å². The maximum atomic E-state index is 10.8. The highest BCUT2D eigenvalue weighted by molar-refractivity contribution is 5.85. The molecule has 0 saturated carbocycles. The first kappa shape index (κ1) is 12.5. The van der Waals surface area contributed by atoms with Gasteiger partial charge >= 0.3 is 5.97 Å². The summed E-state index contributed by atoms with van der Waals surface area (Å²) in [5.74, 6) is -0.264. The molecule has 4 heteroatoms. The van der Waals surface area contributed by atoms with Crippen LogP contribution in [0, 0.1) is 0 Å². The van der Waals surface area contributed by atoms with Crippen LogP contribution in [0.3, 0.4) is 0 Å². The van der Waals surface area contributed by atoms with Gasteiger partial charge in [-0.3, -0.25) is 0 Å². The number of rotatable bonds is 6. The summed E-state index contributed by atoms with van der Waals surface area (Å²) in [6.07, 6.45) is 3.46. The average Bonchev–Trinajstić information content (AvgIpc) is 2.29. The second-order valence-corrected chi connectivity index (χ2v) is 3.81. The van der Waals surface area contributed by atoms with Gasteiger partial charge in [0.2, 0.25) is 0 Å². The van der Waals surface area contributed by atoms with E-state index in [-0.39, 0.29) is 5.69 Å². The number of hydrogen-bond donors (Lipinski definition) is 1. The molecule has 4 nitrogen and oxygen atoms in total. The van der Waals surface area contributed by atoms with Crippen LogP contribution in [0.5, 0.6) is 0 Å². The summed E-state index contributed by atoms with van der Waals surface area (Å²) in [5, 5.41) is 8.82. The molecular formula is C12H18N2O2. The minimum Gasteiger partial charge on any atom is -0.477 e. The van der Waals surface area contributed by atoms with Crippen LogP contribution in [-0.2, 0) is 0 Å². The van der Waals surface area contributed by atoms with Crippen molar-refractivity contribution in [2.24, 2.45) is 0 Å². The molecule has 0 amide bonds. The average molecular weight is 222 g/mol. The largest absolute Gasteiger partial charge is 0.477 e. The molecule has 0 fully saturated rings. The maximum Gasteiger partial charge on any atom is 0.354 e. The highest BCUT2D eigenvalue weighted by Crippen LogP contribution is 2.10. The van der Waals surface area contributed by atoms with Gasteiger partial charge in [0.05, 0.1) is 0 Å². The minimum atomic E-state index is -0.983. The second-order valence-electron chi connectivity index (χ2n) is 3.81. The van der Waals surface area contributed by atoms with Gasteiger partial charge in [-0.1, -0.05) is 25.8 Å². The van der Waals surface area contributed by atoms with Gasteiger partial charge in [-0.25, -0.2) is 9.78 Å². The molecule has 0 bridgehead atoms. The number of aromatic carboxylic acids is 1. The van der Waals surface area contributed by atoms with E-state index in [0.717, 1.165) is 18.8 Å². The molecule has 0 unspecified atom stereocenters. The van der Waals surface area contributed by atoms with Gasteiger partial charge in [0.1, 0.15) is 5.82 Å². The van der Waals surface area contributed by atoms with E-state index in [1.807, 2.05) is 18.0 Å². The molecule has 1 N–H and O–H groups in total. The van der Waals surface area contributed by atoms with Gasteiger partial charge in [0.15, 0.2) is 5.69 Å². The van der Waals surface area contributed by atoms with Crippen LogP contribution in [0.1, 0.15) is 36.7 Å². The molecule has 0 aliphatic heterocycles. The van der Waals surface area contributed by atoms with Crippen molar-refractivity contribution in [1.82, 2.24) is 4.98 Å². The summed E-state index contributed by atoms with van der Waals surface area (Å²) < 4.78 is 0. The molecule has 1 heterocycles. The summed E-state index contributed by atoms with van der Waals surface area (Å²) >= 11 is 0. The number of carboxylic acids is 1. The van der Waals surface area contributed by atoms with Crippen molar-refractivity contribution in [1.29, 1.82) is 0 Å². The lowest BCUT2D eigenvalue weighted by atomic mass is 10.2. The lowest BCUT2D eigenvalue weighted by Crippen LogP contribution is -2.20. The number of carboxylic acid groups (broad SMARTS) is 1. The smallest absolute Gasteiger partial charge is 0.354 e. The zero-order valence-electron chi connectivity index (χ0n) is 9.81. The number of anilines is 1. The number of nitrogens with zero attached hydrogens (tertiary/aromatic N) is 2. The number of hydrogen-bond acceptors (Lipinski definition) is 3. The fraction of sp³-hybridized carbons (Fsp3) is 0.500. The van der Waals surface area contributed by atoms with Crippen LogP contribution in [0.25, 0.3) is 0 Å². The fourth-order valence-electron chi connectivity index (χ4n) is 1.47. The zero-order valence-corrected chi connectivity index (χ0v) is 9.81. The molecule has 16 heavy (non-hydrogen) atoms. The predicted octanol–water partition coefficient (Wildman–Crippen LogP) is 2.41. The quantitative estimate of drug-likeness (QED) is 0.751. The molecule has 1 aromatic rings. The summed E-state index contributed by atoms with van der Waals surface area (Å²) in [4.78, 5) is 16.8. The van der Waals surface area contributed by atoms with E-state index in [1.165, 1.54) is 18.9 Å². The van der Waals surface area contributed by atoms with E-state index < -0.39 is 5.97 Å². The van der Waals surface area contributed by atoms with Crippen molar-refractivity contribution in [2.75, 3.05) is 18.5 Å². The lowest BCUT2D eigenvalue weighted by Gasteiger charge is -2.17. The van der Waals surface area contributed by atoms with Gasteiger partial charge in [-0.15, -0.1) is 0 Å². The van der Waals surface area contributed by atoms with Gasteiger partial charge in [0.25, 0.3) is 0 Å². The molecule has 1 aromatic heterocycles. The summed E-state index contributed by atoms with van der Waals surface area (Å²) in [7, 11) is 1.93. The van der Waals surface area contributed by atoms with Crippen LogP contribution in [-0.4, -0.2) is 29.7 Å². The van der Waals surface area contributed by atoms with Crippen molar-refractivity contribution in [3.8, 4) is 0 Å². The number of pyridine rings is 1. The molecule has 0 radical (unpaired) electrons. The summed E-state index contributed by atoms with van der Waals surface area (Å²) in [6.45, 7) is 3.06. The lowest BCUT2D eigenvalue weighted by molar-refractivity contribution is 0.0690. The monoisotopic (exact) mass is 222 g/mol. The Hall–Kier alpha value is -1.58. The fourth-order valence-corrected chi connectivity index (χ4v) is 1.47. The number of aromatic nitrogens is 1. The van der Waals surface area contributed by atoms with Crippen molar-refractivity contribution in [3.05, 3.63) is 23.9 Å². The Labute approximate surface area is 95.9 Å². The molecular weight excluding hydrogens is 204 g/mol. The highest BCUT2D eigenvalue weighted by atomic mass is 16.4. The van der Waals surface area contributed by atoms with Crippen LogP contribution < -0.4 is 4.90 Å². The zero-order chi connectivity index (χ0) is 12.0. The highest BCUT2D eigenvalue weighted by Gasteiger charge is 2.07. The first-order chi connectivity index (χ1) is 7.65. The van der Waals surface area contributed by atoms with Gasteiger partial charge in [-0.05, 0) is 18.6 Å². The van der Waals surface area contributed by atoms with Crippen LogP contribution >= 0.6 is 0 Å². The number of unbranched alkanes of at least 4 members (excludes halogenated alkanes) is 2. The van der Waals surface area contributed by atoms with E-state index >= 15 is 0 Å². The number of carbonyl (C=O) groups is 1. The molecule has 0 aliphatic rings. The minimum absolute atomic E-state index is 0.0971. The van der Waals surface area contributed by atoms with Gasteiger partial charge in [-0.2, -0.15) is 0 Å². The standard InChI is InChI=1S/C12H18N2O2/c1-3-4-5-9-14(2)11-8-6-7-10(13-11)12(15)16/h6-8H,3-5,9H2,1-2H3,(H,15,16). The Morgan fingerprint density at radius 3 is 2.81 bits per heavy atom. The Bertz CT molecular complexity index is 353. The third-order valence-corrected chi connectivity index (χ3v) is 2.44. The second kappa shape index (κ2) is 6.10. The Morgan fingerprint density at radius 1 is 1.44 bits per heavy atom. The van der Waals surface area contributed by atoms with E-state index in [0.29, 0.717) is 0 Å². The van der Waals surface area contributed by atoms with Crippen molar-refractivity contribution in [2.45, 2.75) is 26.2 Å². The van der Waals surface area contributed by atoms with E-state index in [9.17, 15) is 4.79 Å². The molecule has 88 valence electrons. The maximum absolute atomic E-state index is 10.8. The van der Waals surface area contributed by atoms with Crippen LogP contribution in [0.15, 0.2) is 18.2 Å². The van der Waals surface area contributed by atoms with E-state index in [2.05, 4.69) is 11.9 Å². The first-order valence-electron chi connectivity index (χ1n) is 5.56. The normalized spacial score (nSPS) is 10.1. The molecule has 1 rings (SSSR count). The van der Waals surface area contributed by atoms with E-state index in [1.54, 1.807) is 6.07 Å². The van der Waals surface area contributed by atoms with E-state index in [4.69, 9.17) is 5.11 Å². The summed E-state index contributed by atoms with van der Waals surface area (Å²) in [5.41, 5.74) is 0.0971. The topological polar surface area (TPSA) is 53.4 Å². The predicted molar refractivity (Wildman–Crippen MR) is 64.0 cm³/mol. The first-order valence-corrected chi connectivity index (χ1v) is 5.56. The van der Waals surface area contributed by atoms with Crippen molar-refractivity contribution < 1.29 is 9.90 Å².